The van der Waals surface area contributed by atoms with E-state index in [-0.39, 0.29) is 17.9 Å². The van der Waals surface area contributed by atoms with Crippen molar-refractivity contribution >= 4 is 18.2 Å². The number of aromatic nitrogens is 2. The molecule has 4 aliphatic carbocycles. The summed E-state index contributed by atoms with van der Waals surface area (Å²) in [5.74, 6) is -0.265. The molecule has 33 heavy (non-hydrogen) atoms. The SMILES string of the molecule is COC(=O)NC(C)(C)/C=C/n1ncc(C(=O)N[C@H]2C3CC4CC2C[C@](O)(C4)C3)c1C(F)(F)F. The highest BCUT2D eigenvalue weighted by Gasteiger charge is 2.55. The number of nitrogens with one attached hydrogen (secondary N) is 2. The van der Waals surface area contributed by atoms with Gasteiger partial charge < -0.3 is 20.5 Å². The van der Waals surface area contributed by atoms with Gasteiger partial charge in [0.1, 0.15) is 0 Å². The van der Waals surface area contributed by atoms with Crippen LogP contribution in [0.4, 0.5) is 18.0 Å². The van der Waals surface area contributed by atoms with Crippen LogP contribution < -0.4 is 10.6 Å². The molecule has 1 heterocycles. The van der Waals surface area contributed by atoms with Gasteiger partial charge in [-0.15, -0.1) is 0 Å². The Morgan fingerprint density at radius 2 is 1.88 bits per heavy atom. The van der Waals surface area contributed by atoms with Gasteiger partial charge in [-0.05, 0) is 69.8 Å². The lowest BCUT2D eigenvalue weighted by Gasteiger charge is -2.58. The van der Waals surface area contributed by atoms with Gasteiger partial charge in [0.25, 0.3) is 5.91 Å². The predicted octanol–water partition coefficient (Wildman–Crippen LogP) is 3.18. The number of amides is 2. The van der Waals surface area contributed by atoms with Gasteiger partial charge in [-0.25, -0.2) is 9.48 Å². The first kappa shape index (κ1) is 23.6. The number of methoxy groups -OCH3 is 1. The molecule has 0 aromatic carbocycles. The molecular weight excluding hydrogens is 441 g/mol. The van der Waals surface area contributed by atoms with Crippen molar-refractivity contribution in [1.82, 2.24) is 20.4 Å². The number of nitrogens with zero attached hydrogens (tertiary/aromatic N) is 2. The normalized spacial score (nSPS) is 31.1. The summed E-state index contributed by atoms with van der Waals surface area (Å²) < 4.78 is 46.8. The fourth-order valence-electron chi connectivity index (χ4n) is 5.98. The van der Waals surface area contributed by atoms with Crippen LogP contribution in [0, 0.1) is 17.8 Å². The smallest absolute Gasteiger partial charge is 0.434 e. The summed E-state index contributed by atoms with van der Waals surface area (Å²) in [5, 5.41) is 19.8. The second-order valence-electron chi connectivity index (χ2n) is 10.2. The fraction of sp³-hybridized carbons (Fsp3) is 0.682. The van der Waals surface area contributed by atoms with Gasteiger partial charge in [-0.3, -0.25) is 4.79 Å². The lowest BCUT2D eigenvalue weighted by atomic mass is 9.52. The average Bonchev–Trinajstić information content (AvgIpc) is 3.12. The van der Waals surface area contributed by atoms with Crippen LogP contribution in [0.5, 0.6) is 0 Å². The van der Waals surface area contributed by atoms with Crippen LogP contribution in [0.15, 0.2) is 12.3 Å². The Morgan fingerprint density at radius 1 is 1.24 bits per heavy atom. The van der Waals surface area contributed by atoms with E-state index in [4.69, 9.17) is 0 Å². The maximum atomic E-state index is 13.9. The topological polar surface area (TPSA) is 105 Å². The van der Waals surface area contributed by atoms with Crippen LogP contribution in [0.25, 0.3) is 6.20 Å². The molecule has 182 valence electrons. The van der Waals surface area contributed by atoms with E-state index < -0.39 is 40.6 Å². The average molecular weight is 470 g/mol. The molecule has 1 aromatic rings. The minimum absolute atomic E-state index is 0.0691. The molecular formula is C22H29F3N4O4. The van der Waals surface area contributed by atoms with E-state index in [0.29, 0.717) is 23.4 Å². The first-order valence-corrected chi connectivity index (χ1v) is 11.0. The number of alkyl carbamates (subject to hydrolysis) is 1. The summed E-state index contributed by atoms with van der Waals surface area (Å²) in [4.78, 5) is 24.4. The van der Waals surface area contributed by atoms with Gasteiger partial charge in [0.2, 0.25) is 0 Å². The molecule has 4 bridgehead atoms. The van der Waals surface area contributed by atoms with E-state index in [9.17, 15) is 27.9 Å². The second kappa shape index (κ2) is 8.03. The number of carbonyl (C=O) groups is 2. The van der Waals surface area contributed by atoms with Gasteiger partial charge in [0.05, 0.1) is 30.0 Å². The number of alkyl halides is 3. The lowest BCUT2D eigenvalue weighted by molar-refractivity contribution is -0.143. The number of rotatable bonds is 5. The van der Waals surface area contributed by atoms with E-state index >= 15 is 0 Å². The number of hydrogen-bond donors (Lipinski definition) is 3. The Balaban J connectivity index is 1.55. The van der Waals surface area contributed by atoms with Crippen molar-refractivity contribution in [2.45, 2.75) is 69.3 Å². The highest BCUT2D eigenvalue weighted by molar-refractivity contribution is 5.95. The molecule has 5 rings (SSSR count). The third-order valence-electron chi connectivity index (χ3n) is 7.09. The van der Waals surface area contributed by atoms with Crippen LogP contribution in [-0.4, -0.2) is 51.2 Å². The van der Waals surface area contributed by atoms with E-state index in [0.717, 1.165) is 31.7 Å². The maximum Gasteiger partial charge on any atom is 0.434 e. The number of ether oxygens (including phenoxy) is 1. The van der Waals surface area contributed by atoms with Gasteiger partial charge in [-0.1, -0.05) is 0 Å². The molecule has 4 fully saturated rings. The highest BCUT2D eigenvalue weighted by atomic mass is 19.4. The van der Waals surface area contributed by atoms with Crippen LogP contribution in [0.3, 0.4) is 0 Å². The van der Waals surface area contributed by atoms with Crippen molar-refractivity contribution in [3.8, 4) is 0 Å². The van der Waals surface area contributed by atoms with Crippen molar-refractivity contribution in [2.24, 2.45) is 17.8 Å². The number of aliphatic hydroxyl groups is 1. The summed E-state index contributed by atoms with van der Waals surface area (Å²) in [7, 11) is 1.18. The second-order valence-corrected chi connectivity index (χ2v) is 10.2. The van der Waals surface area contributed by atoms with E-state index in [1.807, 2.05) is 0 Å². The Labute approximate surface area is 189 Å². The number of halogens is 3. The fourth-order valence-corrected chi connectivity index (χ4v) is 5.98. The maximum absolute atomic E-state index is 13.9. The minimum Gasteiger partial charge on any atom is -0.453 e. The van der Waals surface area contributed by atoms with Gasteiger partial charge in [0, 0.05) is 12.2 Å². The zero-order chi connectivity index (χ0) is 24.2. The molecule has 4 aliphatic rings. The van der Waals surface area contributed by atoms with Crippen LogP contribution in [0.2, 0.25) is 0 Å². The first-order chi connectivity index (χ1) is 15.3. The van der Waals surface area contributed by atoms with E-state index in [1.165, 1.54) is 13.2 Å². The molecule has 0 spiro atoms. The molecule has 0 saturated heterocycles. The molecule has 2 atom stereocenters. The Morgan fingerprint density at radius 3 is 2.42 bits per heavy atom. The summed E-state index contributed by atoms with van der Waals surface area (Å²) in [6.07, 6.45) is 1.41. The number of carbonyl (C=O) groups excluding carboxylic acids is 2. The van der Waals surface area contributed by atoms with Gasteiger partial charge in [0.15, 0.2) is 5.69 Å². The quantitative estimate of drug-likeness (QED) is 0.613. The molecule has 8 nitrogen and oxygen atoms in total. The lowest BCUT2D eigenvalue weighted by Crippen LogP contribution is -2.61. The van der Waals surface area contributed by atoms with Gasteiger partial charge in [-0.2, -0.15) is 18.3 Å². The molecule has 3 N–H and O–H groups in total. The van der Waals surface area contributed by atoms with Crippen molar-refractivity contribution < 1.29 is 32.6 Å². The predicted molar refractivity (Wildman–Crippen MR) is 112 cm³/mol. The molecule has 11 heteroatoms. The standard InChI is InChI=1S/C22H29F3N4O4/c1-20(2,28-19(31)33-3)4-5-29-17(22(23,24)25)15(11-26-29)18(30)27-16-13-6-12-7-14(16)10-21(32,8-12)9-13/h4-5,11-14,16,32H,6-10H2,1-3H3,(H,27,30)(H,28,31)/b5-4+/t12?,13?,14?,16-,21-. The highest BCUT2D eigenvalue weighted by Crippen LogP contribution is 2.55. The third kappa shape index (κ3) is 4.73. The molecule has 0 aliphatic heterocycles. The van der Waals surface area contributed by atoms with Crippen molar-refractivity contribution in [2.75, 3.05) is 7.11 Å². The monoisotopic (exact) mass is 470 g/mol. The molecule has 2 amide bonds. The molecule has 4 saturated carbocycles. The Hall–Kier alpha value is -2.56. The summed E-state index contributed by atoms with van der Waals surface area (Å²) in [6.45, 7) is 3.15. The largest absolute Gasteiger partial charge is 0.453 e. The van der Waals surface area contributed by atoms with E-state index in [2.05, 4.69) is 20.5 Å². The van der Waals surface area contributed by atoms with Crippen molar-refractivity contribution in [3.63, 3.8) is 0 Å². The van der Waals surface area contributed by atoms with Crippen LogP contribution in [-0.2, 0) is 10.9 Å². The molecule has 1 aromatic heterocycles. The summed E-state index contributed by atoms with van der Waals surface area (Å²) >= 11 is 0. The summed E-state index contributed by atoms with van der Waals surface area (Å²) in [5.41, 5.74) is -3.47. The van der Waals surface area contributed by atoms with Crippen molar-refractivity contribution in [1.29, 1.82) is 0 Å². The zero-order valence-electron chi connectivity index (χ0n) is 18.8. The number of hydrogen-bond acceptors (Lipinski definition) is 5. The first-order valence-electron chi connectivity index (χ1n) is 11.0. The van der Waals surface area contributed by atoms with E-state index in [1.54, 1.807) is 13.8 Å². The van der Waals surface area contributed by atoms with Crippen LogP contribution in [0.1, 0.15) is 62.0 Å². The van der Waals surface area contributed by atoms with Crippen molar-refractivity contribution in [3.05, 3.63) is 23.5 Å². The van der Waals surface area contributed by atoms with Gasteiger partial charge >= 0.3 is 12.3 Å². The molecule has 0 radical (unpaired) electrons. The third-order valence-corrected chi connectivity index (χ3v) is 7.09. The van der Waals surface area contributed by atoms with Crippen LogP contribution >= 0.6 is 0 Å². The molecule has 2 unspecified atom stereocenters. The Bertz CT molecular complexity index is 955. The minimum atomic E-state index is -4.83. The Kier molecular flexibility index (Phi) is 5.74. The zero-order valence-corrected chi connectivity index (χ0v) is 18.8. The summed E-state index contributed by atoms with van der Waals surface area (Å²) in [6, 6.07) is -0.252.